The van der Waals surface area contributed by atoms with Gasteiger partial charge in [0.15, 0.2) is 25.2 Å². The van der Waals surface area contributed by atoms with E-state index in [1.54, 1.807) is 6.92 Å². The van der Waals surface area contributed by atoms with Crippen LogP contribution >= 0.6 is 0 Å². The van der Waals surface area contributed by atoms with E-state index >= 15 is 0 Å². The van der Waals surface area contributed by atoms with E-state index in [1.165, 1.54) is 5.56 Å². The van der Waals surface area contributed by atoms with Gasteiger partial charge in [-0.1, -0.05) is 54.6 Å². The summed E-state index contributed by atoms with van der Waals surface area (Å²) >= 11 is 0. The van der Waals surface area contributed by atoms with Gasteiger partial charge in [-0.3, -0.25) is 4.79 Å². The van der Waals surface area contributed by atoms with Crippen LogP contribution in [0.1, 0.15) is 99.5 Å². The van der Waals surface area contributed by atoms with Crippen molar-refractivity contribution >= 4 is 5.97 Å². The summed E-state index contributed by atoms with van der Waals surface area (Å²) in [6, 6.07) is 10.5. The number of carbonyl (C=O) groups is 1. The molecule has 0 spiro atoms. The van der Waals surface area contributed by atoms with Gasteiger partial charge in [-0.2, -0.15) is 0 Å². The molecule has 4 unspecified atom stereocenters. The van der Waals surface area contributed by atoms with Gasteiger partial charge in [0.05, 0.1) is 18.3 Å². The molecule has 2 rings (SSSR count). The first-order valence-electron chi connectivity index (χ1n) is 18.2. The van der Waals surface area contributed by atoms with Gasteiger partial charge < -0.3 is 37.9 Å². The maximum absolute atomic E-state index is 12.1. The lowest BCUT2D eigenvalue weighted by molar-refractivity contribution is -0.175. The van der Waals surface area contributed by atoms with Crippen molar-refractivity contribution in [1.29, 1.82) is 0 Å². The Morgan fingerprint density at radius 3 is 2.04 bits per heavy atom. The second-order valence-electron chi connectivity index (χ2n) is 12.1. The third kappa shape index (κ3) is 17.0. The molecule has 1 aromatic carbocycles. The Labute approximate surface area is 290 Å². The molecule has 0 aromatic heterocycles. The highest BCUT2D eigenvalue weighted by Crippen LogP contribution is 2.41. The fourth-order valence-corrected chi connectivity index (χ4v) is 6.19. The monoisotopic (exact) mass is 676 g/mol. The molecule has 1 aromatic rings. The lowest BCUT2D eigenvalue weighted by Gasteiger charge is -2.27. The second-order valence-corrected chi connectivity index (χ2v) is 12.1. The van der Waals surface area contributed by atoms with Gasteiger partial charge in [-0.05, 0) is 99.0 Å². The standard InChI is InChI=1S/C39H64O9/c1-9-41-29(5)45-34(25-24-33-20-16-15-17-21-33)26-27-36-35(22-18-13-14-19-23-39(40)48-32(8)44-12-4)37(46-30(6)42-10-2)28-38(36)47-31(7)43-11-3/h13,15-18,20-21,26-27,29-32,34-38H,9-12,14,19,22-25,28H2,1-8H3/b18-13+,27-26+/t29?,30?,31?,32?,34-,35+,36+,37-,38+/m0/s1. The highest BCUT2D eigenvalue weighted by atomic mass is 16.7. The maximum atomic E-state index is 12.1. The zero-order valence-electron chi connectivity index (χ0n) is 30.8. The summed E-state index contributed by atoms with van der Waals surface area (Å²) in [5.41, 5.74) is 1.27. The van der Waals surface area contributed by atoms with Crippen LogP contribution in [0.4, 0.5) is 0 Å². The molecular formula is C39H64O9. The molecule has 1 fully saturated rings. The van der Waals surface area contributed by atoms with Crippen LogP contribution in [0.25, 0.3) is 0 Å². The van der Waals surface area contributed by atoms with E-state index in [9.17, 15) is 4.79 Å². The molecular weight excluding hydrogens is 612 g/mol. The SMILES string of the molecule is CCOC(C)OC(=O)CCC/C=C/C[C@@H]1[C@@H](/C=C/[C@H](CCc2ccccc2)OC(C)OCC)[C@H](OC(C)OCC)C[C@@H]1OC(C)OCC. The van der Waals surface area contributed by atoms with Crippen LogP contribution in [0.3, 0.4) is 0 Å². The number of hydrogen-bond donors (Lipinski definition) is 0. The average Bonchev–Trinajstić information content (AvgIpc) is 3.35. The number of allylic oxidation sites excluding steroid dienone is 2. The van der Waals surface area contributed by atoms with Gasteiger partial charge in [0.2, 0.25) is 0 Å². The molecule has 9 atom stereocenters. The van der Waals surface area contributed by atoms with Gasteiger partial charge in [-0.15, -0.1) is 0 Å². The number of aryl methyl sites for hydroxylation is 1. The summed E-state index contributed by atoms with van der Waals surface area (Å²) in [5.74, 6) is -0.0539. The Balaban J connectivity index is 2.25. The summed E-state index contributed by atoms with van der Waals surface area (Å²) in [6.45, 7) is 17.6. The van der Waals surface area contributed by atoms with Crippen LogP contribution in [0.2, 0.25) is 0 Å². The van der Waals surface area contributed by atoms with Crippen molar-refractivity contribution in [2.24, 2.45) is 11.8 Å². The van der Waals surface area contributed by atoms with Crippen LogP contribution in [-0.4, -0.2) is 75.9 Å². The fraction of sp³-hybridized carbons (Fsp3) is 0.718. The van der Waals surface area contributed by atoms with E-state index in [0.29, 0.717) is 39.3 Å². The number of hydrogen-bond acceptors (Lipinski definition) is 9. The van der Waals surface area contributed by atoms with Crippen molar-refractivity contribution in [3.8, 4) is 0 Å². The number of ether oxygens (including phenoxy) is 8. The highest BCUT2D eigenvalue weighted by Gasteiger charge is 2.44. The molecule has 0 aliphatic heterocycles. The summed E-state index contributed by atoms with van der Waals surface area (Å²) in [7, 11) is 0. The van der Waals surface area contributed by atoms with Crippen LogP contribution in [-0.2, 0) is 49.1 Å². The first-order chi connectivity index (χ1) is 23.2. The van der Waals surface area contributed by atoms with Crippen molar-refractivity contribution in [3.63, 3.8) is 0 Å². The van der Waals surface area contributed by atoms with E-state index < -0.39 is 6.29 Å². The highest BCUT2D eigenvalue weighted by molar-refractivity contribution is 5.69. The van der Waals surface area contributed by atoms with Gasteiger partial charge in [0.1, 0.15) is 0 Å². The Kier molecular flexibility index (Phi) is 21.8. The van der Waals surface area contributed by atoms with E-state index in [2.05, 4.69) is 48.6 Å². The molecule has 9 heteroatoms. The minimum atomic E-state index is -0.521. The lowest BCUT2D eigenvalue weighted by atomic mass is 9.89. The summed E-state index contributed by atoms with van der Waals surface area (Å²) in [5, 5.41) is 0. The van der Waals surface area contributed by atoms with E-state index in [1.807, 2.05) is 54.5 Å². The molecule has 274 valence electrons. The summed E-state index contributed by atoms with van der Waals surface area (Å²) < 4.78 is 47.4. The average molecular weight is 677 g/mol. The van der Waals surface area contributed by atoms with Gasteiger partial charge in [0.25, 0.3) is 0 Å². The Morgan fingerprint density at radius 1 is 0.792 bits per heavy atom. The summed E-state index contributed by atoms with van der Waals surface area (Å²) in [6.07, 6.45) is 12.0. The van der Waals surface area contributed by atoms with E-state index in [4.69, 9.17) is 37.9 Å². The lowest BCUT2D eigenvalue weighted by Crippen LogP contribution is -2.28. The molecule has 0 radical (unpaired) electrons. The van der Waals surface area contributed by atoms with Crippen molar-refractivity contribution in [2.75, 3.05) is 26.4 Å². The fourth-order valence-electron chi connectivity index (χ4n) is 6.19. The third-order valence-electron chi connectivity index (χ3n) is 8.30. The smallest absolute Gasteiger partial charge is 0.308 e. The molecule has 0 saturated heterocycles. The van der Waals surface area contributed by atoms with Gasteiger partial charge in [-0.25, -0.2) is 0 Å². The van der Waals surface area contributed by atoms with Crippen molar-refractivity contribution < 1.29 is 42.7 Å². The first-order valence-corrected chi connectivity index (χ1v) is 18.2. The number of benzene rings is 1. The Bertz CT molecular complexity index is 1020. The minimum absolute atomic E-state index is 0.0524. The Morgan fingerprint density at radius 2 is 1.40 bits per heavy atom. The van der Waals surface area contributed by atoms with Crippen LogP contribution in [0, 0.1) is 11.8 Å². The largest absolute Gasteiger partial charge is 0.436 e. The quantitative estimate of drug-likeness (QED) is 0.0417. The molecule has 48 heavy (non-hydrogen) atoms. The van der Waals surface area contributed by atoms with Gasteiger partial charge >= 0.3 is 5.97 Å². The van der Waals surface area contributed by atoms with Crippen molar-refractivity contribution in [3.05, 3.63) is 60.2 Å². The minimum Gasteiger partial charge on any atom is -0.436 e. The van der Waals surface area contributed by atoms with Crippen LogP contribution in [0.5, 0.6) is 0 Å². The summed E-state index contributed by atoms with van der Waals surface area (Å²) in [4.78, 5) is 12.1. The number of rotatable bonds is 26. The molecule has 0 N–H and O–H groups in total. The molecule has 9 nitrogen and oxygen atoms in total. The number of esters is 1. The molecule has 1 aliphatic rings. The van der Waals surface area contributed by atoms with Crippen molar-refractivity contribution in [1.82, 2.24) is 0 Å². The predicted octanol–water partition coefficient (Wildman–Crippen LogP) is 8.16. The number of carbonyl (C=O) groups excluding carboxylic acids is 1. The molecule has 1 aliphatic carbocycles. The number of unbranched alkanes of at least 4 members (excludes halogenated alkanes) is 1. The van der Waals surface area contributed by atoms with E-state index in [0.717, 1.165) is 32.1 Å². The Hall–Kier alpha value is -2.11. The molecule has 0 heterocycles. The molecule has 1 saturated carbocycles. The molecule has 0 amide bonds. The van der Waals surface area contributed by atoms with Crippen molar-refractivity contribution in [2.45, 2.75) is 144 Å². The van der Waals surface area contributed by atoms with Gasteiger partial charge in [0, 0.05) is 45.2 Å². The van der Waals surface area contributed by atoms with Crippen LogP contribution in [0.15, 0.2) is 54.6 Å². The topological polar surface area (TPSA) is 90.9 Å². The normalized spacial score (nSPS) is 23.0. The van der Waals surface area contributed by atoms with E-state index in [-0.39, 0.29) is 55.0 Å². The zero-order chi connectivity index (χ0) is 35.1. The zero-order valence-corrected chi connectivity index (χ0v) is 30.8. The molecule has 0 bridgehead atoms. The second kappa shape index (κ2) is 24.9. The predicted molar refractivity (Wildman–Crippen MR) is 188 cm³/mol. The maximum Gasteiger partial charge on any atom is 0.308 e. The van der Waals surface area contributed by atoms with Crippen LogP contribution < -0.4 is 0 Å². The third-order valence-corrected chi connectivity index (χ3v) is 8.30. The first kappa shape index (κ1) is 42.1.